The van der Waals surface area contributed by atoms with E-state index < -0.39 is 6.10 Å². The number of nitrogens with one attached hydrogen (secondary N) is 1. The molecule has 0 aliphatic carbocycles. The van der Waals surface area contributed by atoms with Crippen molar-refractivity contribution in [3.05, 3.63) is 22.4 Å². The summed E-state index contributed by atoms with van der Waals surface area (Å²) in [5.74, 6) is 0.311. The highest BCUT2D eigenvalue weighted by molar-refractivity contribution is 5.73. The van der Waals surface area contributed by atoms with E-state index in [0.717, 1.165) is 6.42 Å². The van der Waals surface area contributed by atoms with E-state index in [9.17, 15) is 9.90 Å². The van der Waals surface area contributed by atoms with Crippen LogP contribution >= 0.6 is 0 Å². The van der Waals surface area contributed by atoms with Crippen molar-refractivity contribution in [2.45, 2.75) is 52.2 Å². The molecule has 0 saturated carbocycles. The molecule has 0 bridgehead atoms. The lowest BCUT2D eigenvalue weighted by Crippen LogP contribution is -2.24. The molecule has 0 aliphatic heterocycles. The zero-order valence-electron chi connectivity index (χ0n) is 11.8. The third kappa shape index (κ3) is 2.53. The number of aromatic nitrogens is 4. The molecule has 0 spiro atoms. The minimum atomic E-state index is -0.745. The highest BCUT2D eigenvalue weighted by atomic mass is 16.3. The molecule has 6 nitrogen and oxygen atoms in total. The predicted molar refractivity (Wildman–Crippen MR) is 73.0 cm³/mol. The van der Waals surface area contributed by atoms with Crippen molar-refractivity contribution in [3.8, 4) is 0 Å². The minimum Gasteiger partial charge on any atom is -0.385 e. The molecule has 1 unspecified atom stereocenters. The van der Waals surface area contributed by atoms with Crippen LogP contribution in [-0.4, -0.2) is 24.9 Å². The zero-order valence-corrected chi connectivity index (χ0v) is 11.8. The molecule has 2 aromatic rings. The van der Waals surface area contributed by atoms with Gasteiger partial charge in [-0.3, -0.25) is 4.79 Å². The van der Waals surface area contributed by atoms with Crippen molar-refractivity contribution in [3.63, 3.8) is 0 Å². The van der Waals surface area contributed by atoms with Gasteiger partial charge >= 0.3 is 0 Å². The Morgan fingerprint density at radius 2 is 2.16 bits per heavy atom. The Kier molecular flexibility index (Phi) is 3.45. The van der Waals surface area contributed by atoms with Crippen LogP contribution in [0.15, 0.2) is 11.0 Å². The number of H-pyrrole nitrogens is 1. The Labute approximate surface area is 111 Å². The molecular formula is C13H20N4O2. The van der Waals surface area contributed by atoms with Gasteiger partial charge in [-0.15, -0.1) is 0 Å². The average Bonchev–Trinajstić information content (AvgIpc) is 2.73. The fourth-order valence-electron chi connectivity index (χ4n) is 1.99. The van der Waals surface area contributed by atoms with Crippen molar-refractivity contribution >= 4 is 11.0 Å². The van der Waals surface area contributed by atoms with Crippen molar-refractivity contribution in [1.82, 2.24) is 19.7 Å². The summed E-state index contributed by atoms with van der Waals surface area (Å²) in [5, 5.41) is 14.6. The van der Waals surface area contributed by atoms with Gasteiger partial charge in [-0.2, -0.15) is 5.10 Å². The molecule has 0 fully saturated rings. The zero-order chi connectivity index (χ0) is 14.2. The molecule has 2 N–H and O–H groups in total. The SMILES string of the molecule is CCCC(O)c1nc2c(cnn2C(C)(C)C)c(=O)[nH]1. The standard InChI is InChI=1S/C13H20N4O2/c1-5-6-9(18)10-15-11-8(12(19)16-10)7-14-17(11)13(2,3)4/h7,9,18H,5-6H2,1-4H3,(H,15,16,19). The Balaban J connectivity index is 2.63. The van der Waals surface area contributed by atoms with Crippen LogP contribution in [0.3, 0.4) is 0 Å². The minimum absolute atomic E-state index is 0.259. The first-order chi connectivity index (χ1) is 8.84. The maximum absolute atomic E-state index is 12.0. The van der Waals surface area contributed by atoms with Crippen LogP contribution in [0, 0.1) is 0 Å². The number of hydrogen-bond donors (Lipinski definition) is 2. The first kappa shape index (κ1) is 13.7. The molecule has 2 rings (SSSR count). The van der Waals surface area contributed by atoms with E-state index in [0.29, 0.717) is 23.3 Å². The lowest BCUT2D eigenvalue weighted by molar-refractivity contribution is 0.156. The summed E-state index contributed by atoms with van der Waals surface area (Å²) in [5.41, 5.74) is -0.0118. The van der Waals surface area contributed by atoms with Gasteiger partial charge in [-0.05, 0) is 27.2 Å². The summed E-state index contributed by atoms with van der Waals surface area (Å²) >= 11 is 0. The Morgan fingerprint density at radius 1 is 1.47 bits per heavy atom. The van der Waals surface area contributed by atoms with E-state index in [1.165, 1.54) is 6.20 Å². The molecule has 2 heterocycles. The number of hydrogen-bond acceptors (Lipinski definition) is 4. The molecule has 0 saturated heterocycles. The lowest BCUT2D eigenvalue weighted by Gasteiger charge is -2.20. The monoisotopic (exact) mass is 264 g/mol. The van der Waals surface area contributed by atoms with Crippen LogP contribution in [0.2, 0.25) is 0 Å². The van der Waals surface area contributed by atoms with Crippen molar-refractivity contribution in [2.75, 3.05) is 0 Å². The van der Waals surface area contributed by atoms with Gasteiger partial charge in [0.05, 0.1) is 11.7 Å². The maximum Gasteiger partial charge on any atom is 0.262 e. The van der Waals surface area contributed by atoms with E-state index in [2.05, 4.69) is 15.1 Å². The first-order valence-electron chi connectivity index (χ1n) is 6.51. The van der Waals surface area contributed by atoms with Gasteiger partial charge < -0.3 is 10.1 Å². The fourth-order valence-corrected chi connectivity index (χ4v) is 1.99. The molecule has 0 aliphatic rings. The topological polar surface area (TPSA) is 83.8 Å². The van der Waals surface area contributed by atoms with Gasteiger partial charge in [0.15, 0.2) is 5.65 Å². The van der Waals surface area contributed by atoms with Crippen molar-refractivity contribution in [2.24, 2.45) is 0 Å². The van der Waals surface area contributed by atoms with Crippen LogP contribution < -0.4 is 5.56 Å². The third-order valence-electron chi connectivity index (χ3n) is 2.97. The molecule has 0 radical (unpaired) electrons. The molecular weight excluding hydrogens is 244 g/mol. The molecule has 2 aromatic heterocycles. The van der Waals surface area contributed by atoms with Gasteiger partial charge in [-0.25, -0.2) is 9.67 Å². The lowest BCUT2D eigenvalue weighted by atomic mass is 10.1. The van der Waals surface area contributed by atoms with Crippen LogP contribution in [-0.2, 0) is 5.54 Å². The second kappa shape index (κ2) is 4.77. The molecule has 0 aromatic carbocycles. The first-order valence-corrected chi connectivity index (χ1v) is 6.51. The third-order valence-corrected chi connectivity index (χ3v) is 2.97. The number of aromatic amines is 1. The quantitative estimate of drug-likeness (QED) is 0.884. The molecule has 19 heavy (non-hydrogen) atoms. The second-order valence-corrected chi connectivity index (χ2v) is 5.72. The normalized spacial score (nSPS) is 13.9. The summed E-state index contributed by atoms with van der Waals surface area (Å²) in [6.07, 6.45) is 2.16. The fraction of sp³-hybridized carbons (Fsp3) is 0.615. The van der Waals surface area contributed by atoms with Crippen LogP contribution in [0.25, 0.3) is 11.0 Å². The van der Waals surface area contributed by atoms with Crippen molar-refractivity contribution < 1.29 is 5.11 Å². The van der Waals surface area contributed by atoms with Crippen molar-refractivity contribution in [1.29, 1.82) is 0 Å². The van der Waals surface area contributed by atoms with E-state index in [1.807, 2.05) is 27.7 Å². The largest absolute Gasteiger partial charge is 0.385 e. The van der Waals surface area contributed by atoms with Gasteiger partial charge in [-0.1, -0.05) is 13.3 Å². The number of rotatable bonds is 3. The van der Waals surface area contributed by atoms with Crippen LogP contribution in [0.1, 0.15) is 52.5 Å². The number of aliphatic hydroxyl groups is 1. The smallest absolute Gasteiger partial charge is 0.262 e. The summed E-state index contributed by atoms with van der Waals surface area (Å²) in [6.45, 7) is 7.94. The summed E-state index contributed by atoms with van der Waals surface area (Å²) in [6, 6.07) is 0. The second-order valence-electron chi connectivity index (χ2n) is 5.72. The number of aliphatic hydroxyl groups excluding tert-OH is 1. The molecule has 104 valence electrons. The van der Waals surface area contributed by atoms with Crippen LogP contribution in [0.5, 0.6) is 0 Å². The highest BCUT2D eigenvalue weighted by Gasteiger charge is 2.21. The average molecular weight is 264 g/mol. The van der Waals surface area contributed by atoms with Gasteiger partial charge in [0, 0.05) is 0 Å². The number of fused-ring (bicyclic) bond motifs is 1. The van der Waals surface area contributed by atoms with Gasteiger partial charge in [0.2, 0.25) is 0 Å². The molecule has 1 atom stereocenters. The van der Waals surface area contributed by atoms with E-state index in [1.54, 1.807) is 4.68 Å². The van der Waals surface area contributed by atoms with Crippen LogP contribution in [0.4, 0.5) is 0 Å². The van der Waals surface area contributed by atoms with Gasteiger partial charge in [0.1, 0.15) is 17.3 Å². The summed E-state index contributed by atoms with van der Waals surface area (Å²) < 4.78 is 1.71. The van der Waals surface area contributed by atoms with E-state index in [-0.39, 0.29) is 11.1 Å². The predicted octanol–water partition coefficient (Wildman–Crippen LogP) is 1.71. The molecule has 0 amide bonds. The Morgan fingerprint density at radius 3 is 2.74 bits per heavy atom. The Bertz CT molecular complexity index is 636. The highest BCUT2D eigenvalue weighted by Crippen LogP contribution is 2.20. The number of nitrogens with zero attached hydrogens (tertiary/aromatic N) is 3. The summed E-state index contributed by atoms with van der Waals surface area (Å²) in [4.78, 5) is 19.0. The molecule has 6 heteroatoms. The van der Waals surface area contributed by atoms with E-state index in [4.69, 9.17) is 0 Å². The van der Waals surface area contributed by atoms with Gasteiger partial charge in [0.25, 0.3) is 5.56 Å². The van der Waals surface area contributed by atoms with E-state index >= 15 is 0 Å². The Hall–Kier alpha value is -1.69. The summed E-state index contributed by atoms with van der Waals surface area (Å²) in [7, 11) is 0. The maximum atomic E-state index is 12.0.